The number of hydrogen-bond donors (Lipinski definition) is 0. The number of ether oxygens (including phenoxy) is 1. The monoisotopic (exact) mass is 382 g/mol. The molecule has 27 heavy (non-hydrogen) atoms. The zero-order chi connectivity index (χ0) is 19.0. The van der Waals surface area contributed by atoms with Crippen LogP contribution >= 0.6 is 11.3 Å². The van der Waals surface area contributed by atoms with Crippen molar-refractivity contribution in [3.05, 3.63) is 41.5 Å². The van der Waals surface area contributed by atoms with Crippen molar-refractivity contribution in [2.45, 2.75) is 26.0 Å². The molecule has 0 saturated carbocycles. The summed E-state index contributed by atoms with van der Waals surface area (Å²) in [6.07, 6.45) is 0. The van der Waals surface area contributed by atoms with Gasteiger partial charge in [-0.2, -0.15) is 0 Å². The van der Waals surface area contributed by atoms with Crippen molar-refractivity contribution in [2.24, 2.45) is 0 Å². The minimum Gasteiger partial charge on any atom is -0.372 e. The number of rotatable bonds is 4. The van der Waals surface area contributed by atoms with Gasteiger partial charge in [-0.05, 0) is 33.5 Å². The molecule has 1 aliphatic rings. The van der Waals surface area contributed by atoms with Gasteiger partial charge in [0.2, 0.25) is 0 Å². The standard InChI is InChI=1S/C21H26N4OS/c1-21(2)14-25(10-11-26-21)19-18-16(15-8-6-5-7-9-15)13-27-20(18)23-17(22-19)12-24(3)4/h5-9,13H,10-12,14H2,1-4H3. The van der Waals surface area contributed by atoms with Crippen molar-refractivity contribution in [3.8, 4) is 11.1 Å². The predicted molar refractivity (Wildman–Crippen MR) is 112 cm³/mol. The van der Waals surface area contributed by atoms with E-state index in [-0.39, 0.29) is 5.60 Å². The van der Waals surface area contributed by atoms with Gasteiger partial charge in [-0.15, -0.1) is 11.3 Å². The van der Waals surface area contributed by atoms with Gasteiger partial charge >= 0.3 is 0 Å². The first-order chi connectivity index (χ1) is 12.9. The van der Waals surface area contributed by atoms with Gasteiger partial charge in [-0.25, -0.2) is 9.97 Å². The van der Waals surface area contributed by atoms with Gasteiger partial charge in [0.1, 0.15) is 16.5 Å². The number of thiophene rings is 1. The summed E-state index contributed by atoms with van der Waals surface area (Å²) in [6.45, 7) is 7.40. The highest BCUT2D eigenvalue weighted by molar-refractivity contribution is 7.17. The largest absolute Gasteiger partial charge is 0.372 e. The van der Waals surface area contributed by atoms with Crippen LogP contribution in [0.1, 0.15) is 19.7 Å². The Morgan fingerprint density at radius 3 is 2.67 bits per heavy atom. The van der Waals surface area contributed by atoms with Crippen molar-refractivity contribution in [2.75, 3.05) is 38.7 Å². The number of benzene rings is 1. The Bertz CT molecular complexity index is 936. The lowest BCUT2D eigenvalue weighted by Crippen LogP contribution is -2.48. The number of morpholine rings is 1. The van der Waals surface area contributed by atoms with Crippen LogP contribution in [0.2, 0.25) is 0 Å². The summed E-state index contributed by atoms with van der Waals surface area (Å²) in [6, 6.07) is 10.5. The fraction of sp³-hybridized carbons (Fsp3) is 0.429. The third-order valence-corrected chi connectivity index (χ3v) is 5.60. The van der Waals surface area contributed by atoms with Crippen molar-refractivity contribution in [1.29, 1.82) is 0 Å². The molecule has 3 aromatic rings. The smallest absolute Gasteiger partial charge is 0.146 e. The lowest BCUT2D eigenvalue weighted by molar-refractivity contribution is -0.0278. The van der Waals surface area contributed by atoms with Crippen LogP contribution < -0.4 is 4.90 Å². The van der Waals surface area contributed by atoms with Gasteiger partial charge in [-0.1, -0.05) is 30.3 Å². The molecule has 0 atom stereocenters. The molecule has 0 aliphatic carbocycles. The molecule has 2 aromatic heterocycles. The van der Waals surface area contributed by atoms with Crippen molar-refractivity contribution >= 4 is 27.4 Å². The van der Waals surface area contributed by atoms with Crippen LogP contribution in [0, 0.1) is 0 Å². The predicted octanol–water partition coefficient (Wildman–Crippen LogP) is 4.04. The summed E-state index contributed by atoms with van der Waals surface area (Å²) in [7, 11) is 4.10. The SMILES string of the molecule is CN(C)Cc1nc(N2CCOC(C)(C)C2)c2c(-c3ccccc3)csc2n1. The van der Waals surface area contributed by atoms with Crippen LogP contribution in [0.3, 0.4) is 0 Å². The van der Waals surface area contributed by atoms with Crippen molar-refractivity contribution in [1.82, 2.24) is 14.9 Å². The Hall–Kier alpha value is -2.02. The first-order valence-electron chi connectivity index (χ1n) is 9.30. The second-order valence-electron chi connectivity index (χ2n) is 7.93. The molecule has 1 aromatic carbocycles. The molecule has 0 spiro atoms. The van der Waals surface area contributed by atoms with Crippen LogP contribution in [-0.2, 0) is 11.3 Å². The maximum Gasteiger partial charge on any atom is 0.146 e. The summed E-state index contributed by atoms with van der Waals surface area (Å²) in [5, 5.41) is 3.37. The van der Waals surface area contributed by atoms with Crippen molar-refractivity contribution < 1.29 is 4.74 Å². The van der Waals surface area contributed by atoms with E-state index >= 15 is 0 Å². The van der Waals surface area contributed by atoms with E-state index < -0.39 is 0 Å². The molecule has 0 bridgehead atoms. The average Bonchev–Trinajstić information content (AvgIpc) is 3.04. The van der Waals surface area contributed by atoms with Crippen LogP contribution in [0.4, 0.5) is 5.82 Å². The molecule has 0 amide bonds. The zero-order valence-corrected chi connectivity index (χ0v) is 17.2. The molecule has 6 heteroatoms. The van der Waals surface area contributed by atoms with Gasteiger partial charge in [-0.3, -0.25) is 0 Å². The summed E-state index contributed by atoms with van der Waals surface area (Å²) in [4.78, 5) is 15.4. The fourth-order valence-electron chi connectivity index (χ4n) is 3.58. The lowest BCUT2D eigenvalue weighted by atomic mass is 10.0. The number of anilines is 1. The Morgan fingerprint density at radius 2 is 1.96 bits per heavy atom. The van der Waals surface area contributed by atoms with Crippen LogP contribution in [0.15, 0.2) is 35.7 Å². The molecular weight excluding hydrogens is 356 g/mol. The highest BCUT2D eigenvalue weighted by Crippen LogP contribution is 2.39. The van der Waals surface area contributed by atoms with E-state index in [1.54, 1.807) is 11.3 Å². The molecule has 1 saturated heterocycles. The first kappa shape index (κ1) is 18.3. The Kier molecular flexibility index (Phi) is 4.88. The topological polar surface area (TPSA) is 41.5 Å². The van der Waals surface area contributed by atoms with E-state index in [0.29, 0.717) is 6.61 Å². The van der Waals surface area contributed by atoms with Crippen LogP contribution in [-0.4, -0.2) is 54.3 Å². The van der Waals surface area contributed by atoms with E-state index in [1.165, 1.54) is 11.1 Å². The third-order valence-electron chi connectivity index (χ3n) is 4.73. The summed E-state index contributed by atoms with van der Waals surface area (Å²) < 4.78 is 5.93. The van der Waals surface area contributed by atoms with E-state index in [0.717, 1.165) is 41.5 Å². The number of fused-ring (bicyclic) bond motifs is 1. The van der Waals surface area contributed by atoms with Gasteiger partial charge in [0.15, 0.2) is 0 Å². The van der Waals surface area contributed by atoms with E-state index in [9.17, 15) is 0 Å². The minimum absolute atomic E-state index is 0.180. The second kappa shape index (κ2) is 7.19. The molecule has 142 valence electrons. The highest BCUT2D eigenvalue weighted by Gasteiger charge is 2.30. The van der Waals surface area contributed by atoms with Crippen LogP contribution in [0.5, 0.6) is 0 Å². The summed E-state index contributed by atoms with van der Waals surface area (Å²) in [5.41, 5.74) is 2.24. The van der Waals surface area contributed by atoms with E-state index in [1.807, 2.05) is 0 Å². The number of hydrogen-bond acceptors (Lipinski definition) is 6. The molecule has 1 fully saturated rings. The third kappa shape index (κ3) is 3.83. The minimum atomic E-state index is -0.180. The number of aromatic nitrogens is 2. The maximum absolute atomic E-state index is 5.93. The fourth-order valence-corrected chi connectivity index (χ4v) is 4.54. The van der Waals surface area contributed by atoms with Gasteiger partial charge in [0.05, 0.1) is 24.1 Å². The Morgan fingerprint density at radius 1 is 1.19 bits per heavy atom. The van der Waals surface area contributed by atoms with Crippen molar-refractivity contribution in [3.63, 3.8) is 0 Å². The quantitative estimate of drug-likeness (QED) is 0.681. The summed E-state index contributed by atoms with van der Waals surface area (Å²) in [5.74, 6) is 1.90. The molecule has 4 rings (SSSR count). The maximum atomic E-state index is 5.93. The Balaban J connectivity index is 1.88. The summed E-state index contributed by atoms with van der Waals surface area (Å²) >= 11 is 1.70. The Labute approximate surface area is 164 Å². The first-order valence-corrected chi connectivity index (χ1v) is 10.2. The molecular formula is C21H26N4OS. The molecule has 1 aliphatic heterocycles. The molecule has 0 unspecified atom stereocenters. The average molecular weight is 383 g/mol. The van der Waals surface area contributed by atoms with E-state index in [4.69, 9.17) is 14.7 Å². The lowest BCUT2D eigenvalue weighted by Gasteiger charge is -2.39. The number of nitrogens with zero attached hydrogens (tertiary/aromatic N) is 4. The molecule has 5 nitrogen and oxygen atoms in total. The second-order valence-corrected chi connectivity index (χ2v) is 8.78. The van der Waals surface area contributed by atoms with Gasteiger partial charge in [0, 0.05) is 24.0 Å². The molecule has 3 heterocycles. The molecule has 0 N–H and O–H groups in total. The van der Waals surface area contributed by atoms with Gasteiger partial charge in [0.25, 0.3) is 0 Å². The molecule has 0 radical (unpaired) electrons. The zero-order valence-electron chi connectivity index (χ0n) is 16.4. The van der Waals surface area contributed by atoms with Crippen LogP contribution in [0.25, 0.3) is 21.3 Å². The normalized spacial score (nSPS) is 17.0. The highest BCUT2D eigenvalue weighted by atomic mass is 32.1. The van der Waals surface area contributed by atoms with E-state index in [2.05, 4.69) is 73.5 Å². The van der Waals surface area contributed by atoms with Gasteiger partial charge < -0.3 is 14.5 Å².